The standard InChI is InChI=1S/C9H14BrNOS/c1-7(6-12)11-5-4-8-2-3-9(10)13-8/h2-3,7,11-12H,4-6H2,1H3. The average molecular weight is 264 g/mol. The van der Waals surface area contributed by atoms with Gasteiger partial charge in [0, 0.05) is 17.5 Å². The first-order chi connectivity index (χ1) is 6.22. The minimum Gasteiger partial charge on any atom is -0.395 e. The van der Waals surface area contributed by atoms with Crippen molar-refractivity contribution in [2.75, 3.05) is 13.2 Å². The highest BCUT2D eigenvalue weighted by Gasteiger charge is 2.00. The molecule has 0 aromatic carbocycles. The summed E-state index contributed by atoms with van der Waals surface area (Å²) in [5.41, 5.74) is 0. The van der Waals surface area contributed by atoms with Crippen LogP contribution < -0.4 is 5.32 Å². The van der Waals surface area contributed by atoms with Gasteiger partial charge in [0.2, 0.25) is 0 Å². The Kier molecular flexibility index (Phi) is 4.94. The normalized spacial score (nSPS) is 13.2. The fraction of sp³-hybridized carbons (Fsp3) is 0.556. The molecule has 0 aliphatic rings. The molecule has 1 unspecified atom stereocenters. The summed E-state index contributed by atoms with van der Waals surface area (Å²) in [5, 5.41) is 12.0. The number of thiophene rings is 1. The molecule has 1 aromatic heterocycles. The number of nitrogens with one attached hydrogen (secondary N) is 1. The van der Waals surface area contributed by atoms with Crippen molar-refractivity contribution >= 4 is 27.3 Å². The molecule has 0 saturated heterocycles. The first kappa shape index (κ1) is 11.2. The zero-order chi connectivity index (χ0) is 9.68. The van der Waals surface area contributed by atoms with Gasteiger partial charge in [0.15, 0.2) is 0 Å². The summed E-state index contributed by atoms with van der Waals surface area (Å²) in [5.74, 6) is 0. The third kappa shape index (κ3) is 4.22. The Labute approximate surface area is 91.1 Å². The Morgan fingerprint density at radius 2 is 2.38 bits per heavy atom. The summed E-state index contributed by atoms with van der Waals surface area (Å²) in [6.45, 7) is 3.10. The van der Waals surface area contributed by atoms with Crippen molar-refractivity contribution in [3.05, 3.63) is 20.8 Å². The van der Waals surface area contributed by atoms with Crippen molar-refractivity contribution in [1.29, 1.82) is 0 Å². The van der Waals surface area contributed by atoms with Crippen molar-refractivity contribution in [3.8, 4) is 0 Å². The largest absolute Gasteiger partial charge is 0.395 e. The van der Waals surface area contributed by atoms with Gasteiger partial charge in [-0.2, -0.15) is 0 Å². The second-order valence-corrected chi connectivity index (χ2v) is 5.54. The monoisotopic (exact) mass is 263 g/mol. The summed E-state index contributed by atoms with van der Waals surface area (Å²) < 4.78 is 1.18. The van der Waals surface area contributed by atoms with Gasteiger partial charge in [-0.15, -0.1) is 11.3 Å². The molecule has 0 spiro atoms. The Morgan fingerprint density at radius 1 is 1.62 bits per heavy atom. The number of hydrogen-bond donors (Lipinski definition) is 2. The number of hydrogen-bond acceptors (Lipinski definition) is 3. The number of halogens is 1. The van der Waals surface area contributed by atoms with E-state index in [2.05, 4.69) is 33.4 Å². The minimum atomic E-state index is 0.198. The van der Waals surface area contributed by atoms with E-state index in [0.717, 1.165) is 13.0 Å². The fourth-order valence-corrected chi connectivity index (χ4v) is 2.48. The molecule has 2 nitrogen and oxygen atoms in total. The second kappa shape index (κ2) is 5.75. The maximum Gasteiger partial charge on any atom is 0.0701 e. The third-order valence-electron chi connectivity index (χ3n) is 1.77. The highest BCUT2D eigenvalue weighted by molar-refractivity contribution is 9.11. The minimum absolute atomic E-state index is 0.198. The van der Waals surface area contributed by atoms with Crippen LogP contribution in [0.3, 0.4) is 0 Å². The molecule has 1 atom stereocenters. The lowest BCUT2D eigenvalue weighted by Crippen LogP contribution is -2.30. The van der Waals surface area contributed by atoms with Crippen LogP contribution in [-0.4, -0.2) is 24.3 Å². The lowest BCUT2D eigenvalue weighted by molar-refractivity contribution is 0.252. The molecular weight excluding hydrogens is 250 g/mol. The molecule has 0 fully saturated rings. The summed E-state index contributed by atoms with van der Waals surface area (Å²) in [6, 6.07) is 4.39. The predicted molar refractivity (Wildman–Crippen MR) is 60.3 cm³/mol. The second-order valence-electron chi connectivity index (χ2n) is 2.99. The molecule has 0 aliphatic carbocycles. The van der Waals surface area contributed by atoms with E-state index in [1.807, 2.05) is 6.92 Å². The fourth-order valence-electron chi connectivity index (χ4n) is 0.992. The van der Waals surface area contributed by atoms with Crippen LogP contribution in [0.2, 0.25) is 0 Å². The van der Waals surface area contributed by atoms with Crippen molar-refractivity contribution in [3.63, 3.8) is 0 Å². The molecule has 4 heteroatoms. The van der Waals surface area contributed by atoms with Crippen molar-refractivity contribution in [2.45, 2.75) is 19.4 Å². The molecule has 13 heavy (non-hydrogen) atoms. The molecule has 74 valence electrons. The maximum atomic E-state index is 8.77. The zero-order valence-corrected chi connectivity index (χ0v) is 9.99. The van der Waals surface area contributed by atoms with Crippen LogP contribution in [0.15, 0.2) is 15.9 Å². The predicted octanol–water partition coefficient (Wildman–Crippen LogP) is 2.02. The van der Waals surface area contributed by atoms with Gasteiger partial charge in [-0.05, 0) is 41.4 Å². The van der Waals surface area contributed by atoms with E-state index in [4.69, 9.17) is 5.11 Å². The SMILES string of the molecule is CC(CO)NCCc1ccc(Br)s1. The lowest BCUT2D eigenvalue weighted by Gasteiger charge is -2.08. The van der Waals surface area contributed by atoms with Crippen LogP contribution in [0, 0.1) is 0 Å². The summed E-state index contributed by atoms with van der Waals surface area (Å²) in [7, 11) is 0. The molecule has 0 bridgehead atoms. The Hall–Kier alpha value is 0.1000. The first-order valence-electron chi connectivity index (χ1n) is 4.31. The van der Waals surface area contributed by atoms with Crippen LogP contribution in [0.4, 0.5) is 0 Å². The highest BCUT2D eigenvalue weighted by atomic mass is 79.9. The number of aliphatic hydroxyl groups excluding tert-OH is 1. The van der Waals surface area contributed by atoms with E-state index in [-0.39, 0.29) is 12.6 Å². The molecule has 0 aliphatic heterocycles. The maximum absolute atomic E-state index is 8.77. The van der Waals surface area contributed by atoms with E-state index < -0.39 is 0 Å². The van der Waals surface area contributed by atoms with Crippen LogP contribution in [0.25, 0.3) is 0 Å². The van der Waals surface area contributed by atoms with Gasteiger partial charge >= 0.3 is 0 Å². The summed E-state index contributed by atoms with van der Waals surface area (Å²) in [4.78, 5) is 1.37. The molecular formula is C9H14BrNOS. The molecule has 0 saturated carbocycles. The molecule has 1 heterocycles. The third-order valence-corrected chi connectivity index (χ3v) is 3.45. The number of rotatable bonds is 5. The zero-order valence-electron chi connectivity index (χ0n) is 7.59. The van der Waals surface area contributed by atoms with Crippen LogP contribution in [-0.2, 0) is 6.42 Å². The van der Waals surface area contributed by atoms with Crippen molar-refractivity contribution in [1.82, 2.24) is 5.32 Å². The lowest BCUT2D eigenvalue weighted by atomic mass is 10.3. The van der Waals surface area contributed by atoms with Gasteiger partial charge in [-0.3, -0.25) is 0 Å². The molecule has 2 N–H and O–H groups in total. The Bertz CT molecular complexity index is 252. The van der Waals surface area contributed by atoms with Gasteiger partial charge < -0.3 is 10.4 Å². The smallest absolute Gasteiger partial charge is 0.0701 e. The van der Waals surface area contributed by atoms with Crippen molar-refractivity contribution in [2.24, 2.45) is 0 Å². The van der Waals surface area contributed by atoms with Crippen molar-refractivity contribution < 1.29 is 5.11 Å². The molecule has 0 radical (unpaired) electrons. The van der Waals surface area contributed by atoms with E-state index in [0.29, 0.717) is 0 Å². The Morgan fingerprint density at radius 3 is 2.92 bits per heavy atom. The van der Waals surface area contributed by atoms with Crippen LogP contribution in [0.1, 0.15) is 11.8 Å². The quantitative estimate of drug-likeness (QED) is 0.852. The van der Waals surface area contributed by atoms with Gasteiger partial charge in [0.25, 0.3) is 0 Å². The van der Waals surface area contributed by atoms with E-state index in [1.165, 1.54) is 8.66 Å². The van der Waals surface area contributed by atoms with Gasteiger partial charge in [-0.25, -0.2) is 0 Å². The average Bonchev–Trinajstić information content (AvgIpc) is 2.51. The van der Waals surface area contributed by atoms with Gasteiger partial charge in [0.1, 0.15) is 0 Å². The van der Waals surface area contributed by atoms with Crippen LogP contribution >= 0.6 is 27.3 Å². The molecule has 1 rings (SSSR count). The molecule has 1 aromatic rings. The molecule has 0 amide bonds. The van der Waals surface area contributed by atoms with E-state index >= 15 is 0 Å². The van der Waals surface area contributed by atoms with E-state index in [1.54, 1.807) is 11.3 Å². The van der Waals surface area contributed by atoms with Gasteiger partial charge in [0.05, 0.1) is 10.4 Å². The van der Waals surface area contributed by atoms with E-state index in [9.17, 15) is 0 Å². The van der Waals surface area contributed by atoms with Crippen LogP contribution in [0.5, 0.6) is 0 Å². The topological polar surface area (TPSA) is 32.3 Å². The summed E-state index contributed by atoms with van der Waals surface area (Å²) >= 11 is 5.19. The highest BCUT2D eigenvalue weighted by Crippen LogP contribution is 2.21. The first-order valence-corrected chi connectivity index (χ1v) is 5.92. The Balaban J connectivity index is 2.20. The number of aliphatic hydroxyl groups is 1. The summed E-state index contributed by atoms with van der Waals surface area (Å²) in [6.07, 6.45) is 1.03. The van der Waals surface area contributed by atoms with Gasteiger partial charge in [-0.1, -0.05) is 0 Å².